The highest BCUT2D eigenvalue weighted by atomic mass is 32.1. The van der Waals surface area contributed by atoms with Crippen LogP contribution in [0.4, 0.5) is 0 Å². The number of carbonyl (C=O) groups is 1. The molecule has 0 spiro atoms. The standard InChI is InChI=1S/C16H27N3OS/c1-5-13-14(21-12(3)18-13)10-17-15(20)16(4)8-7-9-19(6-2)11-16/h5-11H2,1-4H3,(H,17,20)/t16-/m1/s1. The normalized spacial score (nSPS) is 23.2. The average molecular weight is 309 g/mol. The van der Waals surface area contributed by atoms with Crippen LogP contribution in [0.15, 0.2) is 0 Å². The van der Waals surface area contributed by atoms with Crippen molar-refractivity contribution in [1.82, 2.24) is 15.2 Å². The first-order valence-corrected chi connectivity index (χ1v) is 8.76. The number of nitrogens with zero attached hydrogens (tertiary/aromatic N) is 2. The van der Waals surface area contributed by atoms with Crippen molar-refractivity contribution in [2.45, 2.75) is 53.5 Å². The number of nitrogens with one attached hydrogen (secondary N) is 1. The molecule has 1 aromatic rings. The van der Waals surface area contributed by atoms with Gasteiger partial charge in [-0.3, -0.25) is 4.79 Å². The Morgan fingerprint density at radius 1 is 1.48 bits per heavy atom. The largest absolute Gasteiger partial charge is 0.351 e. The van der Waals surface area contributed by atoms with Crippen LogP contribution in [-0.4, -0.2) is 35.4 Å². The summed E-state index contributed by atoms with van der Waals surface area (Å²) in [6, 6.07) is 0. The van der Waals surface area contributed by atoms with Crippen LogP contribution >= 0.6 is 11.3 Å². The summed E-state index contributed by atoms with van der Waals surface area (Å²) in [5, 5.41) is 4.23. The molecular weight excluding hydrogens is 282 g/mol. The first-order valence-electron chi connectivity index (χ1n) is 7.94. The highest BCUT2D eigenvalue weighted by Crippen LogP contribution is 2.30. The fourth-order valence-electron chi connectivity index (χ4n) is 3.10. The van der Waals surface area contributed by atoms with Gasteiger partial charge in [0.15, 0.2) is 0 Å². The van der Waals surface area contributed by atoms with Crippen LogP contribution in [0.25, 0.3) is 0 Å². The second-order valence-electron chi connectivity index (χ2n) is 6.17. The lowest BCUT2D eigenvalue weighted by molar-refractivity contribution is -0.133. The van der Waals surface area contributed by atoms with E-state index in [-0.39, 0.29) is 11.3 Å². The van der Waals surface area contributed by atoms with Crippen molar-refractivity contribution in [2.24, 2.45) is 5.41 Å². The molecule has 21 heavy (non-hydrogen) atoms. The van der Waals surface area contributed by atoms with Crippen molar-refractivity contribution in [3.63, 3.8) is 0 Å². The van der Waals surface area contributed by atoms with E-state index in [2.05, 4.69) is 36.0 Å². The summed E-state index contributed by atoms with van der Waals surface area (Å²) < 4.78 is 0. The highest BCUT2D eigenvalue weighted by Gasteiger charge is 2.37. The third-order valence-electron chi connectivity index (χ3n) is 4.40. The van der Waals surface area contributed by atoms with E-state index in [0.29, 0.717) is 6.54 Å². The maximum Gasteiger partial charge on any atom is 0.227 e. The predicted octanol–water partition coefficient (Wildman–Crippen LogP) is 2.75. The van der Waals surface area contributed by atoms with Crippen LogP contribution < -0.4 is 5.32 Å². The van der Waals surface area contributed by atoms with Gasteiger partial charge in [0, 0.05) is 11.4 Å². The van der Waals surface area contributed by atoms with E-state index < -0.39 is 0 Å². The smallest absolute Gasteiger partial charge is 0.227 e. The van der Waals surface area contributed by atoms with Gasteiger partial charge >= 0.3 is 0 Å². The van der Waals surface area contributed by atoms with Crippen molar-refractivity contribution in [1.29, 1.82) is 0 Å². The summed E-state index contributed by atoms with van der Waals surface area (Å²) >= 11 is 1.70. The number of hydrogen-bond acceptors (Lipinski definition) is 4. The van der Waals surface area contributed by atoms with Crippen molar-refractivity contribution in [2.75, 3.05) is 19.6 Å². The van der Waals surface area contributed by atoms with Gasteiger partial charge in [0.25, 0.3) is 0 Å². The Bertz CT molecular complexity index is 500. The highest BCUT2D eigenvalue weighted by molar-refractivity contribution is 7.11. The van der Waals surface area contributed by atoms with Crippen molar-refractivity contribution >= 4 is 17.2 Å². The Balaban J connectivity index is 1.97. The van der Waals surface area contributed by atoms with Crippen LogP contribution in [0.5, 0.6) is 0 Å². The lowest BCUT2D eigenvalue weighted by atomic mass is 9.81. The first kappa shape index (κ1) is 16.4. The van der Waals surface area contributed by atoms with E-state index in [1.165, 1.54) is 4.88 Å². The third kappa shape index (κ3) is 3.83. The third-order valence-corrected chi connectivity index (χ3v) is 5.41. The van der Waals surface area contributed by atoms with Gasteiger partial charge in [-0.2, -0.15) is 0 Å². The first-order chi connectivity index (χ1) is 9.98. The molecule has 1 amide bonds. The number of likely N-dealkylation sites (tertiary alicyclic amines) is 1. The number of aromatic nitrogens is 1. The number of aryl methyl sites for hydroxylation is 2. The van der Waals surface area contributed by atoms with Gasteiger partial charge in [0.2, 0.25) is 5.91 Å². The molecular formula is C16H27N3OS. The minimum absolute atomic E-state index is 0.189. The number of piperidine rings is 1. The van der Waals surface area contributed by atoms with Gasteiger partial charge in [-0.25, -0.2) is 4.98 Å². The molecule has 1 fully saturated rings. The molecule has 5 heteroatoms. The van der Waals surface area contributed by atoms with Gasteiger partial charge < -0.3 is 10.2 Å². The maximum atomic E-state index is 12.6. The molecule has 0 bridgehead atoms. The molecule has 1 aliphatic heterocycles. The molecule has 0 saturated carbocycles. The molecule has 1 atom stereocenters. The molecule has 2 rings (SSSR count). The second-order valence-corrected chi connectivity index (χ2v) is 7.46. The summed E-state index contributed by atoms with van der Waals surface area (Å²) in [4.78, 5) is 20.7. The molecule has 0 aliphatic carbocycles. The SMILES string of the molecule is CCc1nc(C)sc1CNC(=O)[C@]1(C)CCCN(CC)C1. The quantitative estimate of drug-likeness (QED) is 0.909. The Labute approximate surface area is 132 Å². The van der Waals surface area contributed by atoms with E-state index in [9.17, 15) is 4.79 Å². The molecule has 0 unspecified atom stereocenters. The summed E-state index contributed by atoms with van der Waals surface area (Å²) in [6.45, 7) is 12.0. The topological polar surface area (TPSA) is 45.2 Å². The summed E-state index contributed by atoms with van der Waals surface area (Å²) in [5.74, 6) is 0.189. The minimum atomic E-state index is -0.250. The molecule has 4 nitrogen and oxygen atoms in total. The van der Waals surface area contributed by atoms with E-state index in [1.54, 1.807) is 11.3 Å². The lowest BCUT2D eigenvalue weighted by Gasteiger charge is -2.38. The van der Waals surface area contributed by atoms with Gasteiger partial charge in [-0.1, -0.05) is 13.8 Å². The van der Waals surface area contributed by atoms with E-state index >= 15 is 0 Å². The number of carbonyl (C=O) groups excluding carboxylic acids is 1. The minimum Gasteiger partial charge on any atom is -0.351 e. The Kier molecular flexibility index (Phi) is 5.38. The molecule has 118 valence electrons. The molecule has 0 radical (unpaired) electrons. The van der Waals surface area contributed by atoms with Gasteiger partial charge in [-0.05, 0) is 46.2 Å². The van der Waals surface area contributed by atoms with Crippen LogP contribution in [0.3, 0.4) is 0 Å². The lowest BCUT2D eigenvalue weighted by Crippen LogP contribution is -2.50. The zero-order valence-electron chi connectivity index (χ0n) is 13.7. The van der Waals surface area contributed by atoms with Gasteiger partial charge in [-0.15, -0.1) is 11.3 Å². The van der Waals surface area contributed by atoms with Crippen LogP contribution in [0, 0.1) is 12.3 Å². The second kappa shape index (κ2) is 6.88. The number of rotatable bonds is 5. The molecule has 0 aromatic carbocycles. The molecule has 1 aliphatic rings. The van der Waals surface area contributed by atoms with E-state index in [4.69, 9.17) is 0 Å². The predicted molar refractivity (Wildman–Crippen MR) is 87.5 cm³/mol. The number of hydrogen-bond donors (Lipinski definition) is 1. The van der Waals surface area contributed by atoms with Crippen LogP contribution in [0.1, 0.15) is 49.2 Å². The van der Waals surface area contributed by atoms with Crippen LogP contribution in [-0.2, 0) is 17.8 Å². The summed E-state index contributed by atoms with van der Waals surface area (Å²) in [5.41, 5.74) is 0.877. The summed E-state index contributed by atoms with van der Waals surface area (Å²) in [7, 11) is 0. The summed E-state index contributed by atoms with van der Waals surface area (Å²) in [6.07, 6.45) is 3.02. The number of thiazole rings is 1. The van der Waals surface area contributed by atoms with Gasteiger partial charge in [0.05, 0.1) is 22.7 Å². The van der Waals surface area contributed by atoms with Crippen LogP contribution in [0.2, 0.25) is 0 Å². The molecule has 1 N–H and O–H groups in total. The van der Waals surface area contributed by atoms with E-state index in [1.807, 2.05) is 6.92 Å². The fraction of sp³-hybridized carbons (Fsp3) is 0.750. The van der Waals surface area contributed by atoms with Gasteiger partial charge in [0.1, 0.15) is 0 Å². The Morgan fingerprint density at radius 2 is 2.24 bits per heavy atom. The molecule has 1 saturated heterocycles. The van der Waals surface area contributed by atoms with Crippen molar-refractivity contribution in [3.05, 3.63) is 15.6 Å². The number of amides is 1. The molecule has 1 aromatic heterocycles. The zero-order chi connectivity index (χ0) is 15.5. The van der Waals surface area contributed by atoms with Crippen molar-refractivity contribution < 1.29 is 4.79 Å². The Hall–Kier alpha value is -0.940. The molecule has 2 heterocycles. The van der Waals surface area contributed by atoms with Crippen molar-refractivity contribution in [3.8, 4) is 0 Å². The Morgan fingerprint density at radius 3 is 2.90 bits per heavy atom. The zero-order valence-corrected chi connectivity index (χ0v) is 14.5. The van der Waals surface area contributed by atoms with E-state index in [0.717, 1.165) is 49.6 Å². The maximum absolute atomic E-state index is 12.6. The fourth-order valence-corrected chi connectivity index (χ4v) is 4.06. The average Bonchev–Trinajstić information content (AvgIpc) is 2.84. The monoisotopic (exact) mass is 309 g/mol.